The highest BCUT2D eigenvalue weighted by Crippen LogP contribution is 2.33. The van der Waals surface area contributed by atoms with Gasteiger partial charge in [0.25, 0.3) is 0 Å². The number of hydroxylamine groups is 1. The number of anilines is 1. The highest BCUT2D eigenvalue weighted by Gasteiger charge is 2.28. The number of halogens is 2. The molecule has 0 aliphatic carbocycles. The highest BCUT2D eigenvalue weighted by atomic mass is 79.9. The van der Waals surface area contributed by atoms with E-state index in [1.807, 2.05) is 18.2 Å². The van der Waals surface area contributed by atoms with Crippen molar-refractivity contribution in [3.8, 4) is 0 Å². The third-order valence-electron chi connectivity index (χ3n) is 2.93. The fraction of sp³-hybridized carbons (Fsp3) is 0.312. The van der Waals surface area contributed by atoms with E-state index in [2.05, 4.69) is 36.8 Å². The molecule has 0 N–H and O–H groups in total. The first-order valence-electron chi connectivity index (χ1n) is 7.03. The van der Waals surface area contributed by atoms with Crippen LogP contribution in [-0.4, -0.2) is 23.2 Å². The summed E-state index contributed by atoms with van der Waals surface area (Å²) in [4.78, 5) is 32.1. The van der Waals surface area contributed by atoms with Gasteiger partial charge < -0.3 is 9.57 Å². The molecule has 0 atom stereocenters. The lowest BCUT2D eigenvalue weighted by molar-refractivity contribution is -0.130. The van der Waals surface area contributed by atoms with E-state index in [-0.39, 0.29) is 12.3 Å². The van der Waals surface area contributed by atoms with Crippen LogP contribution in [0.4, 0.5) is 10.6 Å². The van der Waals surface area contributed by atoms with Crippen LogP contribution in [0.15, 0.2) is 28.9 Å². The van der Waals surface area contributed by atoms with E-state index >= 15 is 0 Å². The number of benzene rings is 1. The Kier molecular flexibility index (Phi) is 5.82. The first-order valence-corrected chi connectivity index (χ1v) is 8.95. The Morgan fingerprint density at radius 1 is 1.38 bits per heavy atom. The van der Waals surface area contributed by atoms with Gasteiger partial charge in [0.05, 0.1) is 4.47 Å². The lowest BCUT2D eigenvalue weighted by atomic mass is 10.1. The number of carbonyl (C=O) groups excluding carboxylic acids is 2. The molecule has 0 unspecified atom stereocenters. The quantitative estimate of drug-likeness (QED) is 0.375. The molecule has 0 saturated heterocycles. The molecular formula is C16H16Br2N2O4. The van der Waals surface area contributed by atoms with Crippen molar-refractivity contribution in [1.29, 1.82) is 0 Å². The topological polar surface area (TPSA) is 68.7 Å². The number of rotatable bonds is 4. The van der Waals surface area contributed by atoms with Crippen LogP contribution in [-0.2, 0) is 19.7 Å². The maximum absolute atomic E-state index is 12.3. The van der Waals surface area contributed by atoms with Crippen LogP contribution >= 0.6 is 31.9 Å². The van der Waals surface area contributed by atoms with Crippen LogP contribution < -0.4 is 5.06 Å². The lowest BCUT2D eigenvalue weighted by Crippen LogP contribution is -2.37. The molecule has 0 fully saturated rings. The molecule has 0 radical (unpaired) electrons. The van der Waals surface area contributed by atoms with Crippen molar-refractivity contribution in [3.63, 3.8) is 0 Å². The number of amides is 1. The summed E-state index contributed by atoms with van der Waals surface area (Å²) in [5.41, 5.74) is 0.314. The smallest absolute Gasteiger partial charge is 0.441 e. The van der Waals surface area contributed by atoms with Crippen LogP contribution in [0.5, 0.6) is 0 Å². The maximum Gasteiger partial charge on any atom is 0.450 e. The minimum Gasteiger partial charge on any atom is -0.441 e. The monoisotopic (exact) mass is 458 g/mol. The molecule has 8 heteroatoms. The SMILES string of the molecule is CC(C)(C)OC(=O)N(OC=O)c1ncc2ccc(CBr)cc2c1Br. The van der Waals surface area contributed by atoms with Crippen LogP contribution in [0, 0.1) is 0 Å². The molecule has 24 heavy (non-hydrogen) atoms. The predicted octanol–water partition coefficient (Wildman–Crippen LogP) is 4.72. The van der Waals surface area contributed by atoms with Crippen LogP contribution in [0.2, 0.25) is 0 Å². The number of ether oxygens (including phenoxy) is 1. The summed E-state index contributed by atoms with van der Waals surface area (Å²) < 4.78 is 5.78. The average molecular weight is 460 g/mol. The summed E-state index contributed by atoms with van der Waals surface area (Å²) in [7, 11) is 0. The Labute approximate surface area is 156 Å². The number of hydrogen-bond acceptors (Lipinski definition) is 5. The van der Waals surface area contributed by atoms with Crippen molar-refractivity contribution in [3.05, 3.63) is 34.4 Å². The van der Waals surface area contributed by atoms with Gasteiger partial charge in [-0.1, -0.05) is 33.1 Å². The summed E-state index contributed by atoms with van der Waals surface area (Å²) in [5, 5.41) is 3.13. The zero-order valence-corrected chi connectivity index (χ0v) is 16.5. The van der Waals surface area contributed by atoms with E-state index in [0.717, 1.165) is 21.4 Å². The molecule has 1 amide bonds. The minimum atomic E-state index is -0.834. The lowest BCUT2D eigenvalue weighted by Gasteiger charge is -2.25. The first-order chi connectivity index (χ1) is 11.3. The van der Waals surface area contributed by atoms with Crippen molar-refractivity contribution in [2.75, 3.05) is 5.06 Å². The number of aromatic nitrogens is 1. The molecule has 6 nitrogen and oxygen atoms in total. The van der Waals surface area contributed by atoms with Crippen LogP contribution in [0.25, 0.3) is 10.8 Å². The van der Waals surface area contributed by atoms with E-state index in [0.29, 0.717) is 9.80 Å². The van der Waals surface area contributed by atoms with E-state index in [9.17, 15) is 9.59 Å². The number of hydrogen-bond donors (Lipinski definition) is 0. The Hall–Kier alpha value is -1.67. The molecule has 128 valence electrons. The molecule has 1 heterocycles. The number of nitrogens with zero attached hydrogens (tertiary/aromatic N) is 2. The standard InChI is InChI=1S/C16H16Br2N2O4/c1-16(2,3)24-15(22)20(23-9-21)14-13(18)12-6-10(7-17)4-5-11(12)8-19-14/h4-6,8-9H,7H2,1-3H3. The van der Waals surface area contributed by atoms with E-state index in [1.54, 1.807) is 27.0 Å². The average Bonchev–Trinajstić information content (AvgIpc) is 2.51. The minimum absolute atomic E-state index is 0.135. The second-order valence-electron chi connectivity index (χ2n) is 5.93. The molecule has 0 bridgehead atoms. The molecule has 2 rings (SSSR count). The summed E-state index contributed by atoms with van der Waals surface area (Å²) in [5.74, 6) is 0.135. The van der Waals surface area contributed by atoms with Gasteiger partial charge in [0.2, 0.25) is 0 Å². The van der Waals surface area contributed by atoms with E-state index < -0.39 is 11.7 Å². The zero-order chi connectivity index (χ0) is 17.9. The molecule has 2 aromatic rings. The van der Waals surface area contributed by atoms with Gasteiger partial charge in [-0.05, 0) is 48.3 Å². The molecule has 1 aromatic carbocycles. The molecule has 0 saturated carbocycles. The Bertz CT molecular complexity index is 774. The van der Waals surface area contributed by atoms with Gasteiger partial charge in [-0.2, -0.15) is 0 Å². The Morgan fingerprint density at radius 3 is 2.67 bits per heavy atom. The van der Waals surface area contributed by atoms with Gasteiger partial charge in [-0.25, -0.2) is 9.78 Å². The van der Waals surface area contributed by atoms with Crippen LogP contribution in [0.1, 0.15) is 26.3 Å². The van der Waals surface area contributed by atoms with E-state index in [1.165, 1.54) is 0 Å². The fourth-order valence-electron chi connectivity index (χ4n) is 1.96. The molecule has 0 aliphatic rings. The number of carbonyl (C=O) groups is 2. The third kappa shape index (κ3) is 4.24. The molecule has 0 spiro atoms. The summed E-state index contributed by atoms with van der Waals surface area (Å²) in [6.07, 6.45) is 0.762. The molecule has 0 aliphatic heterocycles. The van der Waals surface area contributed by atoms with Gasteiger partial charge >= 0.3 is 12.6 Å². The molecular weight excluding hydrogens is 444 g/mol. The summed E-state index contributed by atoms with van der Waals surface area (Å²) in [6.45, 7) is 5.30. The summed E-state index contributed by atoms with van der Waals surface area (Å²) in [6, 6.07) is 5.85. The highest BCUT2D eigenvalue weighted by molar-refractivity contribution is 9.10. The van der Waals surface area contributed by atoms with Gasteiger partial charge in [0.15, 0.2) is 5.82 Å². The van der Waals surface area contributed by atoms with E-state index in [4.69, 9.17) is 9.57 Å². The second kappa shape index (κ2) is 7.48. The number of alkyl halides is 1. The Morgan fingerprint density at radius 2 is 2.08 bits per heavy atom. The van der Waals surface area contributed by atoms with Gasteiger partial charge in [0.1, 0.15) is 5.60 Å². The normalized spacial score (nSPS) is 11.2. The predicted molar refractivity (Wildman–Crippen MR) is 97.9 cm³/mol. The van der Waals surface area contributed by atoms with Crippen molar-refractivity contribution >= 4 is 61.0 Å². The molecule has 1 aromatic heterocycles. The summed E-state index contributed by atoms with van der Waals surface area (Å²) >= 11 is 6.85. The number of pyridine rings is 1. The second-order valence-corrected chi connectivity index (χ2v) is 7.28. The van der Waals surface area contributed by atoms with Gasteiger partial charge in [-0.15, -0.1) is 0 Å². The zero-order valence-electron chi connectivity index (χ0n) is 13.4. The largest absolute Gasteiger partial charge is 0.450 e. The van der Waals surface area contributed by atoms with Crippen molar-refractivity contribution < 1.29 is 19.2 Å². The van der Waals surface area contributed by atoms with Gasteiger partial charge in [0, 0.05) is 22.3 Å². The van der Waals surface area contributed by atoms with Crippen molar-refractivity contribution in [2.45, 2.75) is 31.7 Å². The van der Waals surface area contributed by atoms with Crippen molar-refractivity contribution in [1.82, 2.24) is 4.98 Å². The number of fused-ring (bicyclic) bond motifs is 1. The van der Waals surface area contributed by atoms with Crippen molar-refractivity contribution in [2.24, 2.45) is 0 Å². The Balaban J connectivity index is 2.51. The van der Waals surface area contributed by atoms with Crippen LogP contribution in [0.3, 0.4) is 0 Å². The fourth-order valence-corrected chi connectivity index (χ4v) is 2.92. The maximum atomic E-state index is 12.3. The first kappa shape index (κ1) is 18.7. The van der Waals surface area contributed by atoms with Gasteiger partial charge in [-0.3, -0.25) is 4.79 Å². The third-order valence-corrected chi connectivity index (χ3v) is 4.36.